The van der Waals surface area contributed by atoms with Crippen molar-refractivity contribution in [2.45, 2.75) is 37.1 Å². The largest absolute Gasteiger partial charge is 0.452 e. The number of carbonyl (C=O) groups excluding carboxylic acids is 2. The number of esters is 1. The molecule has 1 aliphatic rings. The van der Waals surface area contributed by atoms with E-state index in [-0.39, 0.29) is 23.0 Å². The number of carbonyl (C=O) groups is 2. The maximum Gasteiger partial charge on any atom is 0.338 e. The number of nitrogens with one attached hydrogen (secondary N) is 1. The van der Waals surface area contributed by atoms with Gasteiger partial charge in [0.15, 0.2) is 6.61 Å². The summed E-state index contributed by atoms with van der Waals surface area (Å²) in [6, 6.07) is 5.58. The number of terminal acetylenes is 1. The summed E-state index contributed by atoms with van der Waals surface area (Å²) in [5.41, 5.74) is 0.0699. The van der Waals surface area contributed by atoms with Crippen LogP contribution in [0.5, 0.6) is 0 Å². The molecule has 0 aromatic heterocycles. The summed E-state index contributed by atoms with van der Waals surface area (Å²) in [6.45, 7) is 1.90. The van der Waals surface area contributed by atoms with E-state index in [2.05, 4.69) is 11.2 Å². The molecule has 1 atom stereocenters. The lowest BCUT2D eigenvalue weighted by molar-refractivity contribution is -0.123. The van der Waals surface area contributed by atoms with Crippen LogP contribution >= 0.6 is 0 Å². The molecule has 1 aliphatic heterocycles. The molecule has 140 valence electrons. The van der Waals surface area contributed by atoms with Gasteiger partial charge >= 0.3 is 5.97 Å². The molecule has 0 radical (unpaired) electrons. The molecular weight excluding hydrogens is 356 g/mol. The Bertz CT molecular complexity index is 813. The number of hydrogen-bond donors (Lipinski definition) is 1. The molecule has 26 heavy (non-hydrogen) atoms. The molecule has 1 heterocycles. The van der Waals surface area contributed by atoms with Crippen molar-refractivity contribution in [2.75, 3.05) is 19.7 Å². The van der Waals surface area contributed by atoms with Gasteiger partial charge in [-0.3, -0.25) is 4.79 Å². The lowest BCUT2D eigenvalue weighted by Gasteiger charge is -2.32. The van der Waals surface area contributed by atoms with Gasteiger partial charge in [0, 0.05) is 12.6 Å². The standard InChI is InChI=1S/C18H22N2O5S/c1-3-10-19-17(21)13-25-18(22)15-8-6-9-16(12-15)26(23,24)20-11-5-4-7-14(20)2/h1,6,8-9,12,14H,4-5,7,10-11,13H2,2H3,(H,19,21)/t14-/m1/s1. The fraction of sp³-hybridized carbons (Fsp3) is 0.444. The number of amides is 1. The Labute approximate surface area is 153 Å². The molecule has 0 bridgehead atoms. The Kier molecular flexibility index (Phi) is 6.77. The van der Waals surface area contributed by atoms with Gasteiger partial charge in [0.1, 0.15) is 0 Å². The highest BCUT2D eigenvalue weighted by Crippen LogP contribution is 2.25. The predicted molar refractivity (Wildman–Crippen MR) is 95.8 cm³/mol. The number of piperidine rings is 1. The minimum Gasteiger partial charge on any atom is -0.452 e. The molecule has 1 N–H and O–H groups in total. The summed E-state index contributed by atoms with van der Waals surface area (Å²) >= 11 is 0. The summed E-state index contributed by atoms with van der Waals surface area (Å²) in [7, 11) is -3.69. The van der Waals surface area contributed by atoms with Crippen LogP contribution in [0.2, 0.25) is 0 Å². The van der Waals surface area contributed by atoms with Crippen LogP contribution in [-0.2, 0) is 19.6 Å². The highest BCUT2D eigenvalue weighted by atomic mass is 32.2. The lowest BCUT2D eigenvalue weighted by Crippen LogP contribution is -2.41. The van der Waals surface area contributed by atoms with Gasteiger partial charge in [-0.2, -0.15) is 4.31 Å². The zero-order valence-electron chi connectivity index (χ0n) is 14.6. The first kappa shape index (κ1) is 19.9. The number of sulfonamides is 1. The summed E-state index contributed by atoms with van der Waals surface area (Å²) in [5.74, 6) is 0.934. The quantitative estimate of drug-likeness (QED) is 0.592. The molecule has 1 saturated heterocycles. The predicted octanol–water partition coefficient (Wildman–Crippen LogP) is 1.16. The van der Waals surface area contributed by atoms with Crippen LogP contribution in [0.4, 0.5) is 0 Å². The second-order valence-corrected chi connectivity index (χ2v) is 7.94. The van der Waals surface area contributed by atoms with E-state index in [1.807, 2.05) is 6.92 Å². The van der Waals surface area contributed by atoms with Crippen molar-refractivity contribution in [2.24, 2.45) is 0 Å². The van der Waals surface area contributed by atoms with Crippen LogP contribution < -0.4 is 5.32 Å². The minimum absolute atomic E-state index is 0.0393. The van der Waals surface area contributed by atoms with Crippen LogP contribution in [-0.4, -0.2) is 50.3 Å². The molecule has 0 spiro atoms. The molecule has 2 rings (SSSR count). The Balaban J connectivity index is 2.10. The molecule has 0 unspecified atom stereocenters. The molecule has 0 aliphatic carbocycles. The van der Waals surface area contributed by atoms with E-state index in [9.17, 15) is 18.0 Å². The molecule has 8 heteroatoms. The van der Waals surface area contributed by atoms with Gasteiger partial charge in [-0.25, -0.2) is 13.2 Å². The van der Waals surface area contributed by atoms with E-state index in [1.54, 1.807) is 0 Å². The number of benzene rings is 1. The zero-order valence-corrected chi connectivity index (χ0v) is 15.4. The number of hydrogen-bond acceptors (Lipinski definition) is 5. The van der Waals surface area contributed by atoms with E-state index >= 15 is 0 Å². The maximum absolute atomic E-state index is 12.8. The van der Waals surface area contributed by atoms with E-state index in [0.29, 0.717) is 6.54 Å². The molecule has 7 nitrogen and oxygen atoms in total. The number of ether oxygens (including phenoxy) is 1. The number of nitrogens with zero attached hydrogens (tertiary/aromatic N) is 1. The van der Waals surface area contributed by atoms with Gasteiger partial charge in [0.05, 0.1) is 17.0 Å². The van der Waals surface area contributed by atoms with Crippen LogP contribution in [0, 0.1) is 12.3 Å². The third-order valence-corrected chi connectivity index (χ3v) is 6.15. The Morgan fingerprint density at radius 1 is 1.38 bits per heavy atom. The average Bonchev–Trinajstić information content (AvgIpc) is 2.64. The second-order valence-electron chi connectivity index (χ2n) is 6.05. The molecule has 1 aromatic rings. The fourth-order valence-electron chi connectivity index (χ4n) is 2.76. The lowest BCUT2D eigenvalue weighted by atomic mass is 10.1. The van der Waals surface area contributed by atoms with Crippen molar-refractivity contribution >= 4 is 21.9 Å². The van der Waals surface area contributed by atoms with Crippen molar-refractivity contribution < 1.29 is 22.7 Å². The number of rotatable bonds is 6. The first-order chi connectivity index (χ1) is 12.4. The third kappa shape index (κ3) is 4.84. The average molecular weight is 378 g/mol. The van der Waals surface area contributed by atoms with Gasteiger partial charge < -0.3 is 10.1 Å². The molecular formula is C18H22N2O5S. The van der Waals surface area contributed by atoms with E-state index in [1.165, 1.54) is 28.6 Å². The fourth-order valence-corrected chi connectivity index (χ4v) is 4.51. The third-order valence-electron chi connectivity index (χ3n) is 4.14. The van der Waals surface area contributed by atoms with Crippen molar-refractivity contribution in [3.63, 3.8) is 0 Å². The van der Waals surface area contributed by atoms with Gasteiger partial charge in [0.25, 0.3) is 5.91 Å². The van der Waals surface area contributed by atoms with E-state index < -0.39 is 28.5 Å². The van der Waals surface area contributed by atoms with Crippen molar-refractivity contribution in [3.05, 3.63) is 29.8 Å². The minimum atomic E-state index is -3.69. The van der Waals surface area contributed by atoms with Gasteiger partial charge in [-0.05, 0) is 38.0 Å². The highest BCUT2D eigenvalue weighted by molar-refractivity contribution is 7.89. The van der Waals surface area contributed by atoms with Crippen molar-refractivity contribution in [1.29, 1.82) is 0 Å². The van der Waals surface area contributed by atoms with Gasteiger partial charge in [-0.1, -0.05) is 18.4 Å². The molecule has 1 amide bonds. The summed E-state index contributed by atoms with van der Waals surface area (Å²) in [5, 5.41) is 2.37. The first-order valence-electron chi connectivity index (χ1n) is 8.35. The highest BCUT2D eigenvalue weighted by Gasteiger charge is 2.31. The van der Waals surface area contributed by atoms with Gasteiger partial charge in [-0.15, -0.1) is 6.42 Å². The van der Waals surface area contributed by atoms with E-state index in [4.69, 9.17) is 11.2 Å². The van der Waals surface area contributed by atoms with Crippen LogP contribution in [0.25, 0.3) is 0 Å². The zero-order chi connectivity index (χ0) is 19.2. The topological polar surface area (TPSA) is 92.8 Å². The summed E-state index contributed by atoms with van der Waals surface area (Å²) < 4.78 is 32.1. The van der Waals surface area contributed by atoms with Crippen molar-refractivity contribution in [3.8, 4) is 12.3 Å². The first-order valence-corrected chi connectivity index (χ1v) is 9.79. The van der Waals surface area contributed by atoms with Crippen LogP contribution in [0.15, 0.2) is 29.2 Å². The maximum atomic E-state index is 12.8. The van der Waals surface area contributed by atoms with Crippen molar-refractivity contribution in [1.82, 2.24) is 9.62 Å². The Morgan fingerprint density at radius 2 is 2.15 bits per heavy atom. The second kappa shape index (κ2) is 8.83. The summed E-state index contributed by atoms with van der Waals surface area (Å²) in [6.07, 6.45) is 7.65. The summed E-state index contributed by atoms with van der Waals surface area (Å²) in [4.78, 5) is 23.6. The SMILES string of the molecule is C#CCNC(=O)COC(=O)c1cccc(S(=O)(=O)N2CCCC[C@H]2C)c1. The molecule has 0 saturated carbocycles. The van der Waals surface area contributed by atoms with Gasteiger partial charge in [0.2, 0.25) is 10.0 Å². The Morgan fingerprint density at radius 3 is 2.85 bits per heavy atom. The van der Waals surface area contributed by atoms with Crippen LogP contribution in [0.3, 0.4) is 0 Å². The Hall–Kier alpha value is -2.37. The van der Waals surface area contributed by atoms with E-state index in [0.717, 1.165) is 19.3 Å². The monoisotopic (exact) mass is 378 g/mol. The molecule has 1 fully saturated rings. The smallest absolute Gasteiger partial charge is 0.338 e. The van der Waals surface area contributed by atoms with Crippen LogP contribution in [0.1, 0.15) is 36.5 Å². The molecule has 1 aromatic carbocycles. The normalized spacial score (nSPS) is 17.9.